The van der Waals surface area contributed by atoms with E-state index in [0.29, 0.717) is 22.8 Å². The van der Waals surface area contributed by atoms with Gasteiger partial charge in [-0.2, -0.15) is 0 Å². The van der Waals surface area contributed by atoms with E-state index in [4.69, 9.17) is 11.6 Å². The lowest BCUT2D eigenvalue weighted by atomic mass is 10.00. The molecule has 0 radical (unpaired) electrons. The molecule has 2 nitrogen and oxygen atoms in total. The maximum absolute atomic E-state index is 14.1. The van der Waals surface area contributed by atoms with Gasteiger partial charge < -0.3 is 4.90 Å². The molecule has 0 unspecified atom stereocenters. The van der Waals surface area contributed by atoms with Gasteiger partial charge in [0.15, 0.2) is 0 Å². The Bertz CT molecular complexity index is 682. The van der Waals surface area contributed by atoms with E-state index >= 15 is 0 Å². The maximum Gasteiger partial charge on any atom is 0.132 e. The van der Waals surface area contributed by atoms with E-state index < -0.39 is 0 Å². The molecule has 0 aliphatic carbocycles. The van der Waals surface area contributed by atoms with Gasteiger partial charge in [-0.05, 0) is 30.3 Å². The fraction of sp³-hybridized carbons (Fsp3) is 0.188. The van der Waals surface area contributed by atoms with Gasteiger partial charge in [0.1, 0.15) is 5.82 Å². The van der Waals surface area contributed by atoms with Crippen molar-refractivity contribution in [3.63, 3.8) is 0 Å². The van der Waals surface area contributed by atoms with Crippen LogP contribution in [0.25, 0.3) is 0 Å². The zero-order valence-corrected chi connectivity index (χ0v) is 11.9. The largest absolute Gasteiger partial charge is 0.372 e. The molecule has 1 aliphatic rings. The number of rotatable bonds is 1. The summed E-state index contributed by atoms with van der Waals surface area (Å²) in [5.74, 6) is -0.262. The molecule has 102 valence electrons. The van der Waals surface area contributed by atoms with Gasteiger partial charge >= 0.3 is 0 Å². The third kappa shape index (κ3) is 2.29. The van der Waals surface area contributed by atoms with Gasteiger partial charge in [0.25, 0.3) is 0 Å². The van der Waals surface area contributed by atoms with Crippen LogP contribution in [0.15, 0.2) is 47.5 Å². The highest BCUT2D eigenvalue weighted by molar-refractivity contribution is 6.31. The normalized spacial score (nSPS) is 14.6. The van der Waals surface area contributed by atoms with Crippen molar-refractivity contribution >= 4 is 23.0 Å². The van der Waals surface area contributed by atoms with Crippen LogP contribution in [0.3, 0.4) is 0 Å². The van der Waals surface area contributed by atoms with Crippen LogP contribution in [0.4, 0.5) is 10.1 Å². The highest BCUT2D eigenvalue weighted by atomic mass is 35.5. The molecule has 20 heavy (non-hydrogen) atoms. The summed E-state index contributed by atoms with van der Waals surface area (Å²) in [6.45, 7) is 1.43. The van der Waals surface area contributed by atoms with E-state index in [1.165, 1.54) is 6.07 Å². The first-order chi connectivity index (χ1) is 9.66. The van der Waals surface area contributed by atoms with Crippen molar-refractivity contribution in [1.29, 1.82) is 0 Å². The Morgan fingerprint density at radius 2 is 1.95 bits per heavy atom. The van der Waals surface area contributed by atoms with Crippen molar-refractivity contribution in [3.05, 3.63) is 64.4 Å². The second-order valence-corrected chi connectivity index (χ2v) is 5.23. The van der Waals surface area contributed by atoms with E-state index in [9.17, 15) is 4.39 Å². The van der Waals surface area contributed by atoms with E-state index in [-0.39, 0.29) is 5.82 Å². The van der Waals surface area contributed by atoms with E-state index in [1.54, 1.807) is 12.1 Å². The second-order valence-electron chi connectivity index (χ2n) is 4.79. The molecular formula is C16H14ClFN2. The minimum atomic E-state index is -0.262. The molecule has 0 atom stereocenters. The number of benzodiazepines with no additional fused rings is 1. The van der Waals surface area contributed by atoms with Crippen LogP contribution >= 0.6 is 11.6 Å². The molecule has 3 rings (SSSR count). The Hall–Kier alpha value is -1.87. The van der Waals surface area contributed by atoms with Crippen molar-refractivity contribution in [2.24, 2.45) is 4.99 Å². The predicted molar refractivity (Wildman–Crippen MR) is 81.6 cm³/mol. The molecule has 0 aromatic heterocycles. The Morgan fingerprint density at radius 3 is 2.75 bits per heavy atom. The van der Waals surface area contributed by atoms with Crippen LogP contribution in [0.1, 0.15) is 11.1 Å². The third-order valence-corrected chi connectivity index (χ3v) is 3.69. The standard InChI is InChI=1S/C16H14ClFN2/c1-20-9-8-19-16(12-4-2-3-5-14(12)18)13-10-11(17)6-7-15(13)20/h2-7,10H,8-9H2,1H3. The molecule has 4 heteroatoms. The zero-order valence-electron chi connectivity index (χ0n) is 11.1. The molecule has 2 aromatic rings. The summed E-state index contributed by atoms with van der Waals surface area (Å²) in [4.78, 5) is 6.68. The fourth-order valence-corrected chi connectivity index (χ4v) is 2.60. The Balaban J connectivity index is 2.22. The smallest absolute Gasteiger partial charge is 0.132 e. The summed E-state index contributed by atoms with van der Waals surface area (Å²) < 4.78 is 14.1. The van der Waals surface area contributed by atoms with Crippen molar-refractivity contribution < 1.29 is 4.39 Å². The molecule has 0 fully saturated rings. The minimum Gasteiger partial charge on any atom is -0.372 e. The van der Waals surface area contributed by atoms with Crippen LogP contribution in [0.5, 0.6) is 0 Å². The molecule has 0 saturated carbocycles. The molecule has 0 spiro atoms. The van der Waals surface area contributed by atoms with E-state index in [1.807, 2.05) is 31.3 Å². The van der Waals surface area contributed by atoms with Crippen LogP contribution in [0, 0.1) is 5.82 Å². The van der Waals surface area contributed by atoms with Crippen LogP contribution in [-0.4, -0.2) is 25.8 Å². The lowest BCUT2D eigenvalue weighted by Crippen LogP contribution is -2.20. The van der Waals surface area contributed by atoms with Gasteiger partial charge in [-0.25, -0.2) is 4.39 Å². The van der Waals surface area contributed by atoms with Gasteiger partial charge in [0, 0.05) is 35.4 Å². The van der Waals surface area contributed by atoms with Crippen LogP contribution < -0.4 is 4.90 Å². The quantitative estimate of drug-likeness (QED) is 0.780. The van der Waals surface area contributed by atoms with Crippen molar-refractivity contribution in [2.45, 2.75) is 0 Å². The lowest BCUT2D eigenvalue weighted by molar-refractivity contribution is 0.625. The Morgan fingerprint density at radius 1 is 1.15 bits per heavy atom. The summed E-state index contributed by atoms with van der Waals surface area (Å²) in [6.07, 6.45) is 0. The lowest BCUT2D eigenvalue weighted by Gasteiger charge is -2.19. The predicted octanol–water partition coefficient (Wildman–Crippen LogP) is 3.77. The SMILES string of the molecule is CN1CCN=C(c2ccccc2F)c2cc(Cl)ccc21. The van der Waals surface area contributed by atoms with Crippen molar-refractivity contribution in [2.75, 3.05) is 25.0 Å². The number of likely N-dealkylation sites (N-methyl/N-ethyl adjacent to an activating group) is 1. The summed E-state index contributed by atoms with van der Waals surface area (Å²) in [7, 11) is 2.01. The molecule has 0 N–H and O–H groups in total. The third-order valence-electron chi connectivity index (χ3n) is 3.46. The van der Waals surface area contributed by atoms with E-state index in [2.05, 4.69) is 9.89 Å². The molecule has 0 amide bonds. The maximum atomic E-state index is 14.1. The summed E-state index contributed by atoms with van der Waals surface area (Å²) in [5.41, 5.74) is 3.09. The highest BCUT2D eigenvalue weighted by Crippen LogP contribution is 2.28. The number of benzene rings is 2. The average Bonchev–Trinajstić information content (AvgIpc) is 2.59. The Kier molecular flexibility index (Phi) is 3.45. The number of hydrogen-bond acceptors (Lipinski definition) is 2. The highest BCUT2D eigenvalue weighted by Gasteiger charge is 2.19. The van der Waals surface area contributed by atoms with Crippen LogP contribution in [-0.2, 0) is 0 Å². The number of anilines is 1. The van der Waals surface area contributed by atoms with Gasteiger partial charge in [0.2, 0.25) is 0 Å². The Labute approximate surface area is 122 Å². The number of aliphatic imine (C=N–C) groups is 1. The second kappa shape index (κ2) is 5.25. The van der Waals surface area contributed by atoms with Crippen LogP contribution in [0.2, 0.25) is 5.02 Å². The first-order valence-electron chi connectivity index (χ1n) is 6.47. The summed E-state index contributed by atoms with van der Waals surface area (Å²) in [6, 6.07) is 12.4. The summed E-state index contributed by atoms with van der Waals surface area (Å²) >= 11 is 6.10. The number of fused-ring (bicyclic) bond motifs is 1. The molecular weight excluding hydrogens is 275 g/mol. The number of halogens is 2. The van der Waals surface area contributed by atoms with Crippen molar-refractivity contribution in [1.82, 2.24) is 0 Å². The first-order valence-corrected chi connectivity index (χ1v) is 6.85. The minimum absolute atomic E-state index is 0.262. The molecule has 2 aromatic carbocycles. The molecule has 1 heterocycles. The van der Waals surface area contributed by atoms with Gasteiger partial charge in [-0.1, -0.05) is 23.7 Å². The fourth-order valence-electron chi connectivity index (χ4n) is 2.43. The summed E-state index contributed by atoms with van der Waals surface area (Å²) in [5, 5.41) is 0.628. The first kappa shape index (κ1) is 13.1. The number of nitrogens with zero attached hydrogens (tertiary/aromatic N) is 2. The molecule has 0 bridgehead atoms. The van der Waals surface area contributed by atoms with Gasteiger partial charge in [-0.15, -0.1) is 0 Å². The number of hydrogen-bond donors (Lipinski definition) is 0. The molecule has 0 saturated heterocycles. The topological polar surface area (TPSA) is 15.6 Å². The zero-order chi connectivity index (χ0) is 14.1. The molecule has 1 aliphatic heterocycles. The van der Waals surface area contributed by atoms with E-state index in [0.717, 1.165) is 17.8 Å². The van der Waals surface area contributed by atoms with Gasteiger partial charge in [-0.3, -0.25) is 4.99 Å². The average molecular weight is 289 g/mol. The van der Waals surface area contributed by atoms with Gasteiger partial charge in [0.05, 0.1) is 12.3 Å². The van der Waals surface area contributed by atoms with Crippen molar-refractivity contribution in [3.8, 4) is 0 Å². The monoisotopic (exact) mass is 288 g/mol.